The number of pyridine rings is 4. The number of H-pyrrole nitrogens is 1. The van der Waals surface area contributed by atoms with E-state index in [1.165, 1.54) is 31.6 Å². The van der Waals surface area contributed by atoms with Crippen molar-refractivity contribution in [2.75, 3.05) is 29.2 Å². The summed E-state index contributed by atoms with van der Waals surface area (Å²) in [5, 5.41) is 44.1. The van der Waals surface area contributed by atoms with Crippen LogP contribution in [0.4, 0.5) is 45.5 Å². The molecule has 9 rings (SSSR count). The molecule has 0 spiro atoms. The minimum absolute atomic E-state index is 0.0672. The van der Waals surface area contributed by atoms with Gasteiger partial charge in [0.25, 0.3) is 0 Å². The molecule has 0 saturated heterocycles. The molecule has 5 aromatic heterocycles. The van der Waals surface area contributed by atoms with Gasteiger partial charge >= 0.3 is 17.1 Å². The van der Waals surface area contributed by atoms with Crippen LogP contribution in [0.25, 0.3) is 16.7 Å². The molecule has 8 N–H and O–H groups in total. The standard InChI is InChI=1S/C12H8ClN3O.C11H8ClN3O2.C11H10ClN3.C6H6ClN.C5H3ClN2O2.C2H3N.CH4O/c13-8-1-3-9(4-2-8)16-11-5-6-14-7-10(11)15-12(16)17;12-8-1-3-9(4-2-8)14-10-5-6-13-7-11(10)15(16)17;12-8-1-3-9(4-2-8)15-11-5-6-14-7-10(11)13;7-5-1-3-6(8)4-2-5;6-4-1-2-7-3-5(4)8(9)10;1-2-3;1-2/h1-7H,(H,15,17);1-7H,(H,13,14);1-7H,13H2,(H,14,15);1-4H,8H2;1-3H;1H3;2H,1H3. The van der Waals surface area contributed by atoms with Gasteiger partial charge in [0, 0.05) is 76.0 Å². The first-order valence-corrected chi connectivity index (χ1v) is 22.1. The van der Waals surface area contributed by atoms with Crippen LogP contribution in [-0.4, -0.2) is 51.5 Å². The highest BCUT2D eigenvalue weighted by Crippen LogP contribution is 2.27. The lowest BCUT2D eigenvalue weighted by molar-refractivity contribution is -0.385. The summed E-state index contributed by atoms with van der Waals surface area (Å²) in [5.41, 5.74) is 17.3. The lowest BCUT2D eigenvalue weighted by Crippen LogP contribution is -2.14. The molecule has 0 aliphatic carbocycles. The fourth-order valence-corrected chi connectivity index (χ4v) is 5.99. The molecule has 0 bridgehead atoms. The van der Waals surface area contributed by atoms with E-state index in [9.17, 15) is 25.0 Å². The second-order valence-corrected chi connectivity index (χ2v) is 15.5. The SMILES string of the molecule is CC#N.CO.Nc1ccc(Cl)cc1.Nc1cnccc1Nc1ccc(Cl)cc1.O=[N+]([O-])c1cnccc1Cl.O=[N+]([O-])c1cnccc1Nc1ccc(Cl)cc1.O=c1[nH]c2cnccc2n1-c1ccc(Cl)cc1. The van der Waals surface area contributed by atoms with E-state index in [1.807, 2.05) is 30.3 Å². The van der Waals surface area contributed by atoms with Crippen molar-refractivity contribution in [2.45, 2.75) is 6.92 Å². The molecule has 5 heterocycles. The van der Waals surface area contributed by atoms with Crippen molar-refractivity contribution < 1.29 is 15.0 Å². The Kier molecular flexibility index (Phi) is 25.0. The number of benzene rings is 4. The maximum atomic E-state index is 11.9. The van der Waals surface area contributed by atoms with Crippen molar-refractivity contribution in [1.82, 2.24) is 29.5 Å². The average molecular weight is 1070 g/mol. The third-order valence-electron chi connectivity index (χ3n) is 8.48. The summed E-state index contributed by atoms with van der Waals surface area (Å²) in [6.45, 7) is 1.43. The number of rotatable bonds is 7. The fourth-order valence-electron chi connectivity index (χ4n) is 5.31. The summed E-state index contributed by atoms with van der Waals surface area (Å²) in [4.78, 5) is 49.6. The highest BCUT2D eigenvalue weighted by molar-refractivity contribution is 6.32. The highest BCUT2D eigenvalue weighted by atomic mass is 35.5. The number of nitrogen functional groups attached to an aromatic ring is 2. The van der Waals surface area contributed by atoms with Crippen LogP contribution in [0, 0.1) is 31.6 Å². The van der Waals surface area contributed by atoms with Crippen LogP contribution in [0.15, 0.2) is 176 Å². The summed E-state index contributed by atoms with van der Waals surface area (Å²) >= 11 is 28.4. The van der Waals surface area contributed by atoms with Crippen LogP contribution >= 0.6 is 58.0 Å². The summed E-state index contributed by atoms with van der Waals surface area (Å²) in [6, 6.07) is 36.8. The normalized spacial score (nSPS) is 9.49. The lowest BCUT2D eigenvalue weighted by atomic mass is 10.3. The van der Waals surface area contributed by atoms with Gasteiger partial charge in [0.05, 0.1) is 56.4 Å². The quantitative estimate of drug-likeness (QED) is 0.0491. The van der Waals surface area contributed by atoms with E-state index in [4.69, 9.17) is 79.8 Å². The molecule has 0 fully saturated rings. The maximum absolute atomic E-state index is 11.9. The maximum Gasteiger partial charge on any atom is 0.331 e. The van der Waals surface area contributed by atoms with E-state index in [2.05, 4.69) is 35.6 Å². The molecule has 0 aliphatic rings. The van der Waals surface area contributed by atoms with E-state index in [-0.39, 0.29) is 22.1 Å². The summed E-state index contributed by atoms with van der Waals surface area (Å²) in [6.07, 6.45) is 11.8. The molecule has 19 nitrogen and oxygen atoms in total. The molecule has 0 unspecified atom stereocenters. The van der Waals surface area contributed by atoms with Crippen LogP contribution in [0.5, 0.6) is 0 Å². The Morgan fingerprint density at radius 1 is 0.597 bits per heavy atom. The Bertz CT molecular complexity index is 3180. The Hall–Kier alpha value is -8.35. The van der Waals surface area contributed by atoms with Crippen molar-refractivity contribution in [2.24, 2.45) is 0 Å². The van der Waals surface area contributed by atoms with Gasteiger partial charge in [-0.05, 0) is 121 Å². The molecular weight excluding hydrogens is 1030 g/mol. The van der Waals surface area contributed by atoms with Gasteiger partial charge in [0.2, 0.25) is 0 Å². The molecule has 72 heavy (non-hydrogen) atoms. The second-order valence-electron chi connectivity index (χ2n) is 13.4. The van der Waals surface area contributed by atoms with E-state index in [1.54, 1.807) is 120 Å². The third kappa shape index (κ3) is 19.6. The minimum Gasteiger partial charge on any atom is -0.400 e. The number of imidazole rings is 1. The Balaban J connectivity index is 0.000000237. The number of nitrogens with zero attached hydrogens (tertiary/aromatic N) is 8. The van der Waals surface area contributed by atoms with Gasteiger partial charge in [-0.3, -0.25) is 44.7 Å². The van der Waals surface area contributed by atoms with E-state index >= 15 is 0 Å². The number of nitrogens with one attached hydrogen (secondary N) is 3. The number of fused-ring (bicyclic) bond motifs is 1. The van der Waals surface area contributed by atoms with Crippen molar-refractivity contribution in [1.29, 1.82) is 5.26 Å². The monoisotopic (exact) mass is 1070 g/mol. The number of nitrogens with two attached hydrogens (primary N) is 2. The van der Waals surface area contributed by atoms with Gasteiger partial charge in [0.1, 0.15) is 23.1 Å². The van der Waals surface area contributed by atoms with Gasteiger partial charge in [-0.2, -0.15) is 5.26 Å². The first kappa shape index (κ1) is 58.0. The Morgan fingerprint density at radius 2 is 1.00 bits per heavy atom. The number of anilines is 6. The molecule has 0 radical (unpaired) electrons. The molecule has 370 valence electrons. The Morgan fingerprint density at radius 3 is 1.46 bits per heavy atom. The van der Waals surface area contributed by atoms with Crippen molar-refractivity contribution in [3.8, 4) is 11.8 Å². The number of aromatic nitrogens is 6. The predicted molar refractivity (Wildman–Crippen MR) is 287 cm³/mol. The summed E-state index contributed by atoms with van der Waals surface area (Å²) in [7, 11) is 1.00. The molecule has 0 atom stereocenters. The van der Waals surface area contributed by atoms with Gasteiger partial charge < -0.3 is 32.2 Å². The van der Waals surface area contributed by atoms with Gasteiger partial charge in [-0.15, -0.1) is 0 Å². The summed E-state index contributed by atoms with van der Waals surface area (Å²) in [5.74, 6) is 0. The van der Waals surface area contributed by atoms with Crippen LogP contribution in [0.1, 0.15) is 6.92 Å². The van der Waals surface area contributed by atoms with Crippen molar-refractivity contribution in [3.63, 3.8) is 0 Å². The number of aromatic amines is 1. The topological polar surface area (TPSA) is 296 Å². The van der Waals surface area contributed by atoms with Crippen molar-refractivity contribution >= 4 is 115 Å². The van der Waals surface area contributed by atoms with Crippen LogP contribution in [0.2, 0.25) is 25.1 Å². The molecule has 0 saturated carbocycles. The molecule has 0 aliphatic heterocycles. The van der Waals surface area contributed by atoms with Gasteiger partial charge in [0.15, 0.2) is 0 Å². The molecule has 9 aromatic rings. The first-order valence-electron chi connectivity index (χ1n) is 20.2. The number of hydrogen-bond acceptors (Lipinski definition) is 15. The third-order valence-corrected chi connectivity index (χ3v) is 9.81. The van der Waals surface area contributed by atoms with Gasteiger partial charge in [-0.1, -0.05) is 58.0 Å². The van der Waals surface area contributed by atoms with E-state index < -0.39 is 9.85 Å². The molecule has 0 amide bonds. The second kappa shape index (κ2) is 31.0. The number of hydrogen-bond donors (Lipinski definition) is 6. The smallest absolute Gasteiger partial charge is 0.331 e. The van der Waals surface area contributed by atoms with E-state index in [0.29, 0.717) is 32.0 Å². The predicted octanol–water partition coefficient (Wildman–Crippen LogP) is 12.5. The zero-order valence-corrected chi connectivity index (χ0v) is 41.6. The number of halogens is 5. The number of aliphatic hydroxyl groups excluding tert-OH is 1. The number of aliphatic hydroxyl groups is 1. The van der Waals surface area contributed by atoms with Gasteiger partial charge in [-0.25, -0.2) is 4.79 Å². The zero-order valence-electron chi connectivity index (χ0n) is 37.8. The summed E-state index contributed by atoms with van der Waals surface area (Å²) < 4.78 is 1.59. The molecule has 24 heteroatoms. The van der Waals surface area contributed by atoms with Crippen LogP contribution < -0.4 is 27.8 Å². The largest absolute Gasteiger partial charge is 0.400 e. The highest BCUT2D eigenvalue weighted by Gasteiger charge is 2.13. The Labute approximate surface area is 436 Å². The molecule has 4 aromatic carbocycles. The van der Waals surface area contributed by atoms with Crippen LogP contribution in [0.3, 0.4) is 0 Å². The number of nitro groups is 2. The average Bonchev–Trinajstić information content (AvgIpc) is 3.72. The number of nitriles is 1. The minimum atomic E-state index is -0.574. The molecular formula is C48H42Cl5N13O6. The first-order chi connectivity index (χ1) is 34.6. The van der Waals surface area contributed by atoms with Crippen LogP contribution in [-0.2, 0) is 0 Å². The zero-order chi connectivity index (χ0) is 53.0. The van der Waals surface area contributed by atoms with Crippen molar-refractivity contribution in [3.05, 3.63) is 227 Å². The fraction of sp³-hybridized carbons (Fsp3) is 0.0417. The lowest BCUT2D eigenvalue weighted by Gasteiger charge is -2.08. The van der Waals surface area contributed by atoms with E-state index in [0.717, 1.165) is 52.3 Å².